The number of aliphatic imine (C=N–C) groups is 2. The molecule has 1 atom stereocenters. The van der Waals surface area contributed by atoms with E-state index in [4.69, 9.17) is 14.4 Å². The van der Waals surface area contributed by atoms with Crippen molar-refractivity contribution < 1.29 is 4.42 Å². The second-order valence-electron chi connectivity index (χ2n) is 13.0. The number of hydrogen-bond donors (Lipinski definition) is 1. The molecule has 4 heteroatoms. The van der Waals surface area contributed by atoms with Crippen LogP contribution in [0, 0.1) is 0 Å². The van der Waals surface area contributed by atoms with Crippen LogP contribution in [0.15, 0.2) is 190 Å². The number of benzene rings is 8. The molecule has 4 nitrogen and oxygen atoms in total. The molecule has 51 heavy (non-hydrogen) atoms. The van der Waals surface area contributed by atoms with Gasteiger partial charge in [0.2, 0.25) is 0 Å². The molecule has 8 aromatic carbocycles. The Hall–Kier alpha value is -6.78. The molecule has 0 fully saturated rings. The molecule has 0 bridgehead atoms. The monoisotopic (exact) mass is 653 g/mol. The number of nitrogens with one attached hydrogen (secondary N) is 1. The third-order valence-corrected chi connectivity index (χ3v) is 9.94. The van der Waals surface area contributed by atoms with E-state index in [2.05, 4.69) is 151 Å². The summed E-state index contributed by atoms with van der Waals surface area (Å²) >= 11 is 0. The lowest BCUT2D eigenvalue weighted by Crippen LogP contribution is -2.36. The molecule has 0 amide bonds. The predicted molar refractivity (Wildman–Crippen MR) is 211 cm³/mol. The van der Waals surface area contributed by atoms with Crippen molar-refractivity contribution in [1.82, 2.24) is 5.32 Å². The third-order valence-electron chi connectivity index (χ3n) is 9.94. The fourth-order valence-electron chi connectivity index (χ4n) is 7.38. The van der Waals surface area contributed by atoms with E-state index in [1.54, 1.807) is 0 Å². The standard InChI is InChI=1S/C47H31N3O/c1-2-12-34(13-3-1)45-48-46(37-25-22-30-10-4-5-14-35(30)28-37)50-47(49-45)41-18-9-19-42-44(41)40-27-26-36(29-43(40)51-42)31-20-23-33(24-21-31)39-17-8-15-32-11-6-7-16-38(32)39/h1-29,47H,(H,48,49,50). The summed E-state index contributed by atoms with van der Waals surface area (Å²) in [6, 6.07) is 61.7. The summed E-state index contributed by atoms with van der Waals surface area (Å²) in [6.45, 7) is 0. The normalized spacial score (nSPS) is 14.5. The number of rotatable bonds is 5. The zero-order valence-corrected chi connectivity index (χ0v) is 27.6. The minimum absolute atomic E-state index is 0.464. The van der Waals surface area contributed by atoms with Crippen LogP contribution < -0.4 is 5.32 Å². The first-order chi connectivity index (χ1) is 25.2. The van der Waals surface area contributed by atoms with Gasteiger partial charge >= 0.3 is 0 Å². The molecule has 0 spiro atoms. The van der Waals surface area contributed by atoms with Crippen molar-refractivity contribution in [3.63, 3.8) is 0 Å². The Morgan fingerprint density at radius 1 is 0.412 bits per heavy atom. The SMILES string of the molecule is c1ccc(C2=NC(c3cccc4oc5cc(-c6ccc(-c7cccc8ccccc78)cc6)ccc5c34)N=C(c3ccc4ccccc4c3)N2)cc1. The molecule has 1 N–H and O–H groups in total. The van der Waals surface area contributed by atoms with Gasteiger partial charge in [-0.1, -0.05) is 152 Å². The fourth-order valence-corrected chi connectivity index (χ4v) is 7.38. The first-order valence-corrected chi connectivity index (χ1v) is 17.3. The summed E-state index contributed by atoms with van der Waals surface area (Å²) in [5.41, 5.74) is 9.38. The molecule has 1 aliphatic heterocycles. The molecule has 1 aromatic heterocycles. The summed E-state index contributed by atoms with van der Waals surface area (Å²) < 4.78 is 6.55. The lowest BCUT2D eigenvalue weighted by atomic mass is 9.96. The van der Waals surface area contributed by atoms with Crippen LogP contribution in [0.4, 0.5) is 0 Å². The van der Waals surface area contributed by atoms with Gasteiger partial charge in [-0.25, -0.2) is 9.98 Å². The van der Waals surface area contributed by atoms with Crippen LogP contribution in [-0.4, -0.2) is 11.7 Å². The van der Waals surface area contributed by atoms with Crippen LogP contribution in [0.25, 0.3) is 65.7 Å². The first-order valence-electron chi connectivity index (χ1n) is 17.3. The molecular weight excluding hydrogens is 623 g/mol. The highest BCUT2D eigenvalue weighted by Crippen LogP contribution is 2.39. The maximum absolute atomic E-state index is 6.55. The molecule has 1 unspecified atom stereocenters. The van der Waals surface area contributed by atoms with E-state index in [0.29, 0.717) is 0 Å². The van der Waals surface area contributed by atoms with E-state index in [1.807, 2.05) is 30.3 Å². The number of fused-ring (bicyclic) bond motifs is 5. The van der Waals surface area contributed by atoms with Crippen molar-refractivity contribution in [2.75, 3.05) is 0 Å². The summed E-state index contributed by atoms with van der Waals surface area (Å²) in [5, 5.41) is 10.5. The van der Waals surface area contributed by atoms with Gasteiger partial charge in [0.15, 0.2) is 6.17 Å². The first kappa shape index (κ1) is 29.2. The Bertz CT molecular complexity index is 2820. The van der Waals surface area contributed by atoms with Gasteiger partial charge in [-0.2, -0.15) is 0 Å². The maximum Gasteiger partial charge on any atom is 0.170 e. The van der Waals surface area contributed by atoms with Gasteiger partial charge in [0.1, 0.15) is 22.8 Å². The van der Waals surface area contributed by atoms with Crippen molar-refractivity contribution in [1.29, 1.82) is 0 Å². The summed E-state index contributed by atoms with van der Waals surface area (Å²) in [4.78, 5) is 10.4. The molecular formula is C47H31N3O. The fraction of sp³-hybridized carbons (Fsp3) is 0.0213. The van der Waals surface area contributed by atoms with Gasteiger partial charge in [0, 0.05) is 27.5 Å². The molecule has 10 rings (SSSR count). The second-order valence-corrected chi connectivity index (χ2v) is 13.0. The Labute approximate surface area is 295 Å². The topological polar surface area (TPSA) is 49.9 Å². The Balaban J connectivity index is 1.05. The predicted octanol–water partition coefficient (Wildman–Crippen LogP) is 11.7. The van der Waals surface area contributed by atoms with E-state index in [1.165, 1.54) is 32.7 Å². The maximum atomic E-state index is 6.55. The largest absolute Gasteiger partial charge is 0.456 e. The Kier molecular flexibility index (Phi) is 6.85. The van der Waals surface area contributed by atoms with Gasteiger partial charge < -0.3 is 9.73 Å². The smallest absolute Gasteiger partial charge is 0.170 e. The van der Waals surface area contributed by atoms with Gasteiger partial charge in [0.25, 0.3) is 0 Å². The Morgan fingerprint density at radius 2 is 1.08 bits per heavy atom. The summed E-state index contributed by atoms with van der Waals surface area (Å²) in [7, 11) is 0. The van der Waals surface area contributed by atoms with E-state index < -0.39 is 6.17 Å². The lowest BCUT2D eigenvalue weighted by Gasteiger charge is -2.23. The van der Waals surface area contributed by atoms with Crippen molar-refractivity contribution in [2.45, 2.75) is 6.17 Å². The average Bonchev–Trinajstić information content (AvgIpc) is 3.59. The van der Waals surface area contributed by atoms with Crippen molar-refractivity contribution in [3.05, 3.63) is 193 Å². The molecule has 240 valence electrons. The molecule has 0 saturated heterocycles. The molecule has 0 aliphatic carbocycles. The van der Waals surface area contributed by atoms with E-state index >= 15 is 0 Å². The van der Waals surface area contributed by atoms with Crippen LogP contribution in [0.2, 0.25) is 0 Å². The van der Waals surface area contributed by atoms with Crippen LogP contribution in [0.3, 0.4) is 0 Å². The second kappa shape index (κ2) is 12.0. The van der Waals surface area contributed by atoms with Gasteiger partial charge in [-0.15, -0.1) is 0 Å². The van der Waals surface area contributed by atoms with Gasteiger partial charge in [-0.05, 0) is 68.1 Å². The highest BCUT2D eigenvalue weighted by molar-refractivity contribution is 6.17. The zero-order chi connectivity index (χ0) is 33.7. The molecule has 9 aromatic rings. The number of amidine groups is 2. The molecule has 2 heterocycles. The minimum Gasteiger partial charge on any atom is -0.456 e. The van der Waals surface area contributed by atoms with Gasteiger partial charge in [0.05, 0.1) is 0 Å². The van der Waals surface area contributed by atoms with E-state index in [-0.39, 0.29) is 0 Å². The van der Waals surface area contributed by atoms with Gasteiger partial charge in [-0.3, -0.25) is 0 Å². The van der Waals surface area contributed by atoms with Crippen LogP contribution in [0.5, 0.6) is 0 Å². The van der Waals surface area contributed by atoms with Crippen LogP contribution in [0.1, 0.15) is 22.9 Å². The molecule has 1 aliphatic rings. The number of hydrogen-bond acceptors (Lipinski definition) is 4. The zero-order valence-electron chi connectivity index (χ0n) is 27.6. The lowest BCUT2D eigenvalue weighted by molar-refractivity contribution is 0.668. The number of nitrogens with zero attached hydrogens (tertiary/aromatic N) is 2. The summed E-state index contributed by atoms with van der Waals surface area (Å²) in [5.74, 6) is 1.58. The highest BCUT2D eigenvalue weighted by Gasteiger charge is 2.24. The van der Waals surface area contributed by atoms with Crippen molar-refractivity contribution in [3.8, 4) is 22.3 Å². The van der Waals surface area contributed by atoms with Crippen LogP contribution in [-0.2, 0) is 0 Å². The number of furan rings is 1. The third kappa shape index (κ3) is 5.17. The average molecular weight is 654 g/mol. The minimum atomic E-state index is -0.464. The summed E-state index contributed by atoms with van der Waals surface area (Å²) in [6.07, 6.45) is -0.464. The van der Waals surface area contributed by atoms with E-state index in [9.17, 15) is 0 Å². The van der Waals surface area contributed by atoms with Crippen molar-refractivity contribution >= 4 is 55.2 Å². The quantitative estimate of drug-likeness (QED) is 0.201. The van der Waals surface area contributed by atoms with E-state index in [0.717, 1.165) is 61.4 Å². The Morgan fingerprint density at radius 3 is 1.94 bits per heavy atom. The van der Waals surface area contributed by atoms with Crippen molar-refractivity contribution in [2.24, 2.45) is 9.98 Å². The molecule has 0 radical (unpaired) electrons. The highest BCUT2D eigenvalue weighted by atomic mass is 16.3. The molecule has 0 saturated carbocycles. The van der Waals surface area contributed by atoms with Crippen LogP contribution >= 0.6 is 0 Å².